The van der Waals surface area contributed by atoms with Crippen molar-refractivity contribution in [1.29, 1.82) is 0 Å². The number of H-pyrrole nitrogens is 1. The maximum atomic E-state index is 10.6. The van der Waals surface area contributed by atoms with Gasteiger partial charge in [0.1, 0.15) is 11.9 Å². The molecule has 2 saturated heterocycles. The third-order valence-corrected chi connectivity index (χ3v) is 4.89. The molecule has 9 nitrogen and oxygen atoms in total. The first-order chi connectivity index (χ1) is 14.2. The molecular formula is C18H22F3N5O4. The number of aryl methyl sites for hydroxylation is 1. The summed E-state index contributed by atoms with van der Waals surface area (Å²) in [4.78, 5) is 20.0. The zero-order valence-electron chi connectivity index (χ0n) is 16.4. The minimum atomic E-state index is -5.08. The fourth-order valence-corrected chi connectivity index (χ4v) is 3.62. The number of alkyl halides is 3. The van der Waals surface area contributed by atoms with Gasteiger partial charge in [0.2, 0.25) is 5.88 Å². The van der Waals surface area contributed by atoms with E-state index in [1.54, 1.807) is 13.3 Å². The molecule has 0 bridgehead atoms. The van der Waals surface area contributed by atoms with Crippen molar-refractivity contribution >= 4 is 5.97 Å². The molecule has 4 rings (SSSR count). The molecule has 0 unspecified atom stereocenters. The summed E-state index contributed by atoms with van der Waals surface area (Å²) in [6.07, 6.45) is -2.04. The molecule has 2 aromatic heterocycles. The molecule has 4 heterocycles. The average molecular weight is 429 g/mol. The quantitative estimate of drug-likeness (QED) is 0.760. The number of carboxylic acid groups (broad SMARTS) is 1. The van der Waals surface area contributed by atoms with Crippen molar-refractivity contribution in [1.82, 2.24) is 25.1 Å². The van der Waals surface area contributed by atoms with Gasteiger partial charge in [-0.1, -0.05) is 6.07 Å². The molecule has 2 aromatic rings. The number of carbonyl (C=O) groups is 1. The van der Waals surface area contributed by atoms with Crippen LogP contribution in [0.25, 0.3) is 0 Å². The van der Waals surface area contributed by atoms with Crippen LogP contribution in [0.4, 0.5) is 13.2 Å². The van der Waals surface area contributed by atoms with Gasteiger partial charge in [0.15, 0.2) is 5.82 Å². The van der Waals surface area contributed by atoms with Gasteiger partial charge < -0.3 is 14.6 Å². The Kier molecular flexibility index (Phi) is 6.56. The minimum Gasteiger partial charge on any atom is -0.481 e. The van der Waals surface area contributed by atoms with E-state index in [4.69, 9.17) is 19.4 Å². The lowest BCUT2D eigenvalue weighted by atomic mass is 10.0. The molecule has 2 aliphatic heterocycles. The lowest BCUT2D eigenvalue weighted by molar-refractivity contribution is -0.192. The van der Waals surface area contributed by atoms with Crippen molar-refractivity contribution < 1.29 is 32.5 Å². The number of likely N-dealkylation sites (tertiary alicyclic amines) is 1. The summed E-state index contributed by atoms with van der Waals surface area (Å²) >= 11 is 0. The van der Waals surface area contributed by atoms with Gasteiger partial charge in [-0.15, -0.1) is 0 Å². The molecule has 2 N–H and O–H groups in total. The number of aliphatic carboxylic acids is 1. The van der Waals surface area contributed by atoms with E-state index in [2.05, 4.69) is 31.1 Å². The first kappa shape index (κ1) is 22.0. The van der Waals surface area contributed by atoms with Gasteiger partial charge in [0.25, 0.3) is 0 Å². The first-order valence-corrected chi connectivity index (χ1v) is 9.22. The summed E-state index contributed by atoms with van der Waals surface area (Å²) in [7, 11) is 1.66. The number of ether oxygens (including phenoxy) is 2. The van der Waals surface area contributed by atoms with Gasteiger partial charge in [-0.05, 0) is 19.4 Å². The van der Waals surface area contributed by atoms with Crippen LogP contribution in [0.2, 0.25) is 0 Å². The van der Waals surface area contributed by atoms with Crippen LogP contribution in [0, 0.1) is 12.8 Å². The predicted octanol–water partition coefficient (Wildman–Crippen LogP) is 2.11. The van der Waals surface area contributed by atoms with Gasteiger partial charge in [0.05, 0.1) is 13.2 Å². The lowest BCUT2D eigenvalue weighted by Crippen LogP contribution is -2.24. The van der Waals surface area contributed by atoms with Gasteiger partial charge in [0, 0.05) is 37.3 Å². The molecule has 30 heavy (non-hydrogen) atoms. The smallest absolute Gasteiger partial charge is 0.481 e. The Labute approximate surface area is 170 Å². The summed E-state index contributed by atoms with van der Waals surface area (Å²) in [5.41, 5.74) is 1.12. The Morgan fingerprint density at radius 3 is 2.73 bits per heavy atom. The fraction of sp³-hybridized carbons (Fsp3) is 0.556. The van der Waals surface area contributed by atoms with Gasteiger partial charge in [-0.3, -0.25) is 10.00 Å². The molecule has 2 aliphatic rings. The number of aromatic nitrogens is 4. The number of hydrogen-bond acceptors (Lipinski definition) is 7. The number of fused-ring (bicyclic) bond motifs is 1. The average Bonchev–Trinajstić information content (AvgIpc) is 3.36. The highest BCUT2D eigenvalue weighted by Gasteiger charge is 2.43. The van der Waals surface area contributed by atoms with E-state index < -0.39 is 12.1 Å². The molecule has 0 saturated carbocycles. The summed E-state index contributed by atoms with van der Waals surface area (Å²) < 4.78 is 43.2. The van der Waals surface area contributed by atoms with Crippen LogP contribution < -0.4 is 4.74 Å². The number of nitrogens with zero attached hydrogens (tertiary/aromatic N) is 4. The van der Waals surface area contributed by atoms with E-state index in [1.165, 1.54) is 0 Å². The zero-order valence-corrected chi connectivity index (χ0v) is 16.4. The fourth-order valence-electron chi connectivity index (χ4n) is 3.62. The Morgan fingerprint density at radius 2 is 2.17 bits per heavy atom. The van der Waals surface area contributed by atoms with Crippen LogP contribution in [0.3, 0.4) is 0 Å². The first-order valence-electron chi connectivity index (χ1n) is 9.22. The molecule has 164 valence electrons. The monoisotopic (exact) mass is 429 g/mol. The number of nitrogens with one attached hydrogen (secondary N) is 1. The number of pyridine rings is 1. The second-order valence-electron chi connectivity index (χ2n) is 7.11. The molecule has 0 radical (unpaired) electrons. The van der Waals surface area contributed by atoms with Crippen molar-refractivity contribution in [2.24, 2.45) is 5.92 Å². The minimum absolute atomic E-state index is 0.0324. The molecule has 3 atom stereocenters. The van der Waals surface area contributed by atoms with Crippen molar-refractivity contribution in [3.05, 3.63) is 35.5 Å². The Morgan fingerprint density at radius 1 is 1.43 bits per heavy atom. The van der Waals surface area contributed by atoms with Crippen LogP contribution >= 0.6 is 0 Å². The van der Waals surface area contributed by atoms with Crippen molar-refractivity contribution in [2.75, 3.05) is 20.2 Å². The zero-order chi connectivity index (χ0) is 21.9. The van der Waals surface area contributed by atoms with Crippen LogP contribution in [0.5, 0.6) is 5.88 Å². The van der Waals surface area contributed by atoms with E-state index in [9.17, 15) is 13.2 Å². The topological polar surface area (TPSA) is 113 Å². The number of hydrogen-bond donors (Lipinski definition) is 2. The van der Waals surface area contributed by atoms with Crippen LogP contribution in [-0.4, -0.2) is 68.6 Å². The third-order valence-electron chi connectivity index (χ3n) is 4.89. The summed E-state index contributed by atoms with van der Waals surface area (Å²) in [5, 5.41) is 14.3. The Bertz CT molecular complexity index is 862. The van der Waals surface area contributed by atoms with E-state index in [0.717, 1.165) is 43.3 Å². The molecule has 0 aromatic carbocycles. The van der Waals surface area contributed by atoms with E-state index in [-0.39, 0.29) is 12.2 Å². The van der Waals surface area contributed by atoms with Crippen molar-refractivity contribution in [3.63, 3.8) is 0 Å². The highest BCUT2D eigenvalue weighted by Crippen LogP contribution is 2.40. The molecule has 0 aliphatic carbocycles. The largest absolute Gasteiger partial charge is 0.490 e. The SMILES string of the molecule is COc1ncccc1CN1C[C@@H]2C[C@@H](c3n[nH]c(C)n3)O[C@@H]2C1.O=C(O)C(F)(F)F. The molecule has 0 amide bonds. The molecule has 0 spiro atoms. The van der Waals surface area contributed by atoms with E-state index in [1.807, 2.05) is 13.0 Å². The van der Waals surface area contributed by atoms with Gasteiger partial charge in [-0.25, -0.2) is 14.8 Å². The van der Waals surface area contributed by atoms with E-state index in [0.29, 0.717) is 11.8 Å². The second kappa shape index (κ2) is 8.96. The number of aromatic amines is 1. The lowest BCUT2D eigenvalue weighted by Gasteiger charge is -2.19. The Hall–Kier alpha value is -2.73. The number of carboxylic acids is 1. The molecule has 12 heteroatoms. The summed E-state index contributed by atoms with van der Waals surface area (Å²) in [6.45, 7) is 4.72. The molecule has 2 fully saturated rings. The normalized spacial score (nSPS) is 23.6. The maximum absolute atomic E-state index is 10.6. The number of rotatable bonds is 4. The second-order valence-corrected chi connectivity index (χ2v) is 7.11. The van der Waals surface area contributed by atoms with Crippen molar-refractivity contribution in [3.8, 4) is 5.88 Å². The van der Waals surface area contributed by atoms with Gasteiger partial charge >= 0.3 is 12.1 Å². The van der Waals surface area contributed by atoms with E-state index >= 15 is 0 Å². The maximum Gasteiger partial charge on any atom is 0.490 e. The van der Waals surface area contributed by atoms with Crippen LogP contribution in [0.1, 0.15) is 29.7 Å². The van der Waals surface area contributed by atoms with Crippen LogP contribution in [-0.2, 0) is 16.1 Å². The summed E-state index contributed by atoms with van der Waals surface area (Å²) in [5.74, 6) is 0.122. The van der Waals surface area contributed by atoms with Crippen molar-refractivity contribution in [2.45, 2.75) is 38.3 Å². The van der Waals surface area contributed by atoms with Gasteiger partial charge in [-0.2, -0.15) is 18.3 Å². The number of halogens is 3. The van der Waals surface area contributed by atoms with Crippen LogP contribution in [0.15, 0.2) is 18.3 Å². The highest BCUT2D eigenvalue weighted by molar-refractivity contribution is 5.73. The standard InChI is InChI=1S/C16H21N5O2.C2HF3O2/c1-10-18-15(20-19-10)13-6-12-8-21(9-14(12)23-13)7-11-4-3-5-17-16(11)22-2;3-2(4,5)1(6)7/h3-5,12-14H,6-9H2,1-2H3,(H,18,19,20);(H,6,7)/t12-,13-,14+;/m0./s1. The third kappa shape index (κ3) is 5.25. The predicted molar refractivity (Wildman–Crippen MR) is 96.6 cm³/mol. The number of methoxy groups -OCH3 is 1. The highest BCUT2D eigenvalue weighted by atomic mass is 19.4. The molecular weight excluding hydrogens is 407 g/mol. The summed E-state index contributed by atoms with van der Waals surface area (Å²) in [6, 6.07) is 4.02. The Balaban J connectivity index is 0.000000318.